The molecule has 0 spiro atoms. The van der Waals surface area contributed by atoms with Crippen molar-refractivity contribution < 1.29 is 12.8 Å². The Balaban J connectivity index is 1.80. The maximum absolute atomic E-state index is 13.1. The van der Waals surface area contributed by atoms with E-state index >= 15 is 0 Å². The number of halogens is 1. The maximum Gasteiger partial charge on any atom is 0.261 e. The molecular formula is C25H22ClNO3S. The Bertz CT molecular complexity index is 1290. The van der Waals surface area contributed by atoms with Crippen molar-refractivity contribution in [1.29, 1.82) is 0 Å². The zero-order chi connectivity index (χ0) is 22.0. The van der Waals surface area contributed by atoms with Crippen molar-refractivity contribution >= 4 is 27.3 Å². The number of furan rings is 1. The van der Waals surface area contributed by atoms with E-state index in [-0.39, 0.29) is 10.8 Å². The van der Waals surface area contributed by atoms with Crippen LogP contribution in [0.15, 0.2) is 94.2 Å². The standard InChI is InChI=1S/C25H22ClNO3S/c1-17-7-14-21(15-8-17)31(28,29)27-23-6-4-3-5-22(23)25(24-16-9-18(2)30-24)19-10-12-20(26)13-11-19/h3-16,25,27H,1-2H3. The van der Waals surface area contributed by atoms with E-state index in [2.05, 4.69) is 4.72 Å². The Morgan fingerprint density at radius 2 is 1.52 bits per heavy atom. The van der Waals surface area contributed by atoms with E-state index in [1.54, 1.807) is 30.3 Å². The van der Waals surface area contributed by atoms with Crippen LogP contribution in [0.25, 0.3) is 0 Å². The zero-order valence-corrected chi connectivity index (χ0v) is 18.7. The molecule has 1 aromatic heterocycles. The lowest BCUT2D eigenvalue weighted by Gasteiger charge is -2.20. The summed E-state index contributed by atoms with van der Waals surface area (Å²) in [5.74, 6) is 1.20. The van der Waals surface area contributed by atoms with E-state index < -0.39 is 10.0 Å². The molecule has 4 rings (SSSR count). The van der Waals surface area contributed by atoms with Crippen molar-refractivity contribution in [3.63, 3.8) is 0 Å². The molecule has 0 aliphatic heterocycles. The molecule has 0 saturated heterocycles. The van der Waals surface area contributed by atoms with Crippen molar-refractivity contribution in [3.05, 3.63) is 118 Å². The monoisotopic (exact) mass is 451 g/mol. The van der Waals surface area contributed by atoms with Gasteiger partial charge < -0.3 is 4.42 Å². The Morgan fingerprint density at radius 3 is 2.16 bits per heavy atom. The lowest BCUT2D eigenvalue weighted by molar-refractivity contribution is 0.478. The summed E-state index contributed by atoms with van der Waals surface area (Å²) in [6.07, 6.45) is 0. The highest BCUT2D eigenvalue weighted by Gasteiger charge is 2.25. The smallest absolute Gasteiger partial charge is 0.261 e. The van der Waals surface area contributed by atoms with E-state index in [4.69, 9.17) is 16.0 Å². The van der Waals surface area contributed by atoms with Crippen LogP contribution in [0.1, 0.15) is 34.1 Å². The highest BCUT2D eigenvalue weighted by molar-refractivity contribution is 7.92. The summed E-state index contributed by atoms with van der Waals surface area (Å²) in [5.41, 5.74) is 3.23. The Hall–Kier alpha value is -3.02. The lowest BCUT2D eigenvalue weighted by Crippen LogP contribution is -2.15. The molecule has 0 radical (unpaired) electrons. The topological polar surface area (TPSA) is 59.3 Å². The molecule has 1 heterocycles. The second kappa shape index (κ2) is 8.61. The number of hydrogen-bond donors (Lipinski definition) is 1. The van der Waals surface area contributed by atoms with Gasteiger partial charge in [-0.3, -0.25) is 4.72 Å². The van der Waals surface area contributed by atoms with E-state index in [1.807, 2.05) is 68.4 Å². The van der Waals surface area contributed by atoms with Gasteiger partial charge in [-0.05, 0) is 67.4 Å². The van der Waals surface area contributed by atoms with Gasteiger partial charge in [-0.25, -0.2) is 8.42 Å². The van der Waals surface area contributed by atoms with Gasteiger partial charge >= 0.3 is 0 Å². The fourth-order valence-electron chi connectivity index (χ4n) is 3.52. The first-order chi connectivity index (χ1) is 14.8. The van der Waals surface area contributed by atoms with Gasteiger partial charge in [-0.1, -0.05) is 59.6 Å². The number of nitrogens with one attached hydrogen (secondary N) is 1. The highest BCUT2D eigenvalue weighted by atomic mass is 35.5. The fourth-order valence-corrected chi connectivity index (χ4v) is 4.74. The van der Waals surface area contributed by atoms with E-state index in [9.17, 15) is 8.42 Å². The predicted molar refractivity (Wildman–Crippen MR) is 124 cm³/mol. The molecule has 1 atom stereocenters. The zero-order valence-electron chi connectivity index (χ0n) is 17.2. The van der Waals surface area contributed by atoms with Crippen LogP contribution in [0.3, 0.4) is 0 Å². The summed E-state index contributed by atoms with van der Waals surface area (Å²) in [5, 5.41) is 0.631. The second-order valence-electron chi connectivity index (χ2n) is 7.44. The first-order valence-corrected chi connectivity index (χ1v) is 11.7. The molecular weight excluding hydrogens is 430 g/mol. The van der Waals surface area contributed by atoms with Crippen molar-refractivity contribution in [2.45, 2.75) is 24.7 Å². The van der Waals surface area contributed by atoms with Crippen LogP contribution in [0.2, 0.25) is 5.02 Å². The quantitative estimate of drug-likeness (QED) is 0.362. The number of benzene rings is 3. The molecule has 0 amide bonds. The molecule has 158 valence electrons. The fraction of sp³-hybridized carbons (Fsp3) is 0.120. The number of para-hydroxylation sites is 1. The average Bonchev–Trinajstić information content (AvgIpc) is 3.17. The average molecular weight is 452 g/mol. The summed E-state index contributed by atoms with van der Waals surface area (Å²) in [6, 6.07) is 25.4. The summed E-state index contributed by atoms with van der Waals surface area (Å²) in [4.78, 5) is 0.213. The van der Waals surface area contributed by atoms with Crippen molar-refractivity contribution in [2.75, 3.05) is 4.72 Å². The summed E-state index contributed by atoms with van der Waals surface area (Å²) in [7, 11) is -3.75. The highest BCUT2D eigenvalue weighted by Crippen LogP contribution is 2.38. The van der Waals surface area contributed by atoms with Crippen molar-refractivity contribution in [1.82, 2.24) is 0 Å². The molecule has 6 heteroatoms. The van der Waals surface area contributed by atoms with E-state index in [0.29, 0.717) is 10.7 Å². The van der Waals surface area contributed by atoms with Gasteiger partial charge in [0.05, 0.1) is 16.5 Å². The molecule has 0 aliphatic rings. The van der Waals surface area contributed by atoms with Crippen LogP contribution >= 0.6 is 11.6 Å². The Kier molecular flexibility index (Phi) is 5.90. The number of sulfonamides is 1. The van der Waals surface area contributed by atoms with E-state index in [1.165, 1.54) is 0 Å². The van der Waals surface area contributed by atoms with Crippen LogP contribution in [-0.4, -0.2) is 8.42 Å². The molecule has 31 heavy (non-hydrogen) atoms. The van der Waals surface area contributed by atoms with Crippen molar-refractivity contribution in [2.24, 2.45) is 0 Å². The van der Waals surface area contributed by atoms with Gasteiger partial charge in [0.25, 0.3) is 10.0 Å². The molecule has 0 aliphatic carbocycles. The number of rotatable bonds is 6. The van der Waals surface area contributed by atoms with Gasteiger partial charge in [0.15, 0.2) is 0 Å². The molecule has 0 bridgehead atoms. The molecule has 4 nitrogen and oxygen atoms in total. The van der Waals surface area contributed by atoms with Gasteiger partial charge in [0.1, 0.15) is 11.5 Å². The number of anilines is 1. The normalized spacial score (nSPS) is 12.5. The molecule has 4 aromatic rings. The van der Waals surface area contributed by atoms with Crippen LogP contribution in [0.4, 0.5) is 5.69 Å². The van der Waals surface area contributed by atoms with Crippen molar-refractivity contribution in [3.8, 4) is 0 Å². The minimum absolute atomic E-state index is 0.213. The molecule has 0 saturated carbocycles. The molecule has 3 aromatic carbocycles. The molecule has 1 unspecified atom stereocenters. The third-order valence-electron chi connectivity index (χ3n) is 5.10. The molecule has 1 N–H and O–H groups in total. The molecule has 0 fully saturated rings. The van der Waals surface area contributed by atoms with Crippen LogP contribution in [-0.2, 0) is 10.0 Å². The van der Waals surface area contributed by atoms with Gasteiger partial charge in [-0.15, -0.1) is 0 Å². The minimum atomic E-state index is -3.75. The van der Waals surface area contributed by atoms with Gasteiger partial charge in [0, 0.05) is 5.02 Å². The Labute approximate surface area is 187 Å². The number of aryl methyl sites for hydroxylation is 2. The first-order valence-electron chi connectivity index (χ1n) is 9.84. The van der Waals surface area contributed by atoms with E-state index in [0.717, 1.165) is 28.2 Å². The third-order valence-corrected chi connectivity index (χ3v) is 6.73. The predicted octanol–water partition coefficient (Wildman–Crippen LogP) is 6.53. The Morgan fingerprint density at radius 1 is 0.839 bits per heavy atom. The van der Waals surface area contributed by atoms with Crippen LogP contribution in [0.5, 0.6) is 0 Å². The first kappa shape index (κ1) is 21.2. The van der Waals surface area contributed by atoms with Gasteiger partial charge in [-0.2, -0.15) is 0 Å². The lowest BCUT2D eigenvalue weighted by atomic mass is 9.88. The summed E-state index contributed by atoms with van der Waals surface area (Å²) in [6.45, 7) is 3.80. The summed E-state index contributed by atoms with van der Waals surface area (Å²) < 4.78 is 34.8. The maximum atomic E-state index is 13.1. The SMILES string of the molecule is Cc1ccc(S(=O)(=O)Nc2ccccc2C(c2ccc(Cl)cc2)c2ccc(C)o2)cc1. The third kappa shape index (κ3) is 4.68. The largest absolute Gasteiger partial charge is 0.465 e. The van der Waals surface area contributed by atoms with Gasteiger partial charge in [0.2, 0.25) is 0 Å². The summed E-state index contributed by atoms with van der Waals surface area (Å²) >= 11 is 6.09. The minimum Gasteiger partial charge on any atom is -0.465 e. The second-order valence-corrected chi connectivity index (χ2v) is 9.56. The van der Waals surface area contributed by atoms with Crippen LogP contribution in [0, 0.1) is 13.8 Å². The van der Waals surface area contributed by atoms with Crippen LogP contribution < -0.4 is 4.72 Å². The number of hydrogen-bond acceptors (Lipinski definition) is 3.